The third-order valence-electron chi connectivity index (χ3n) is 2.77. The molecule has 0 unspecified atom stereocenters. The minimum atomic E-state index is -1.00. The zero-order chi connectivity index (χ0) is 17.6. The molecule has 1 fully saturated rings. The largest absolute Gasteiger partial charge is 0.444 e. The van der Waals surface area contributed by atoms with Crippen LogP contribution >= 0.6 is 11.8 Å². The Labute approximate surface area is 139 Å². The Balaban J connectivity index is 2.68. The van der Waals surface area contributed by atoms with E-state index in [1.807, 2.05) is 6.26 Å². The van der Waals surface area contributed by atoms with Gasteiger partial charge in [0.05, 0.1) is 0 Å². The molecular formula is C14H22N2O6S. The lowest BCUT2D eigenvalue weighted by Gasteiger charge is -2.23. The van der Waals surface area contributed by atoms with Gasteiger partial charge in [-0.05, 0) is 39.2 Å². The standard InChI is InChI=1S/C14H22N2O6S/c1-14(2,3)21-13(20)15-9(7-8-23-4)12(19)22-16-10(17)5-6-11(16)18/h9H,5-8H2,1-4H3,(H,15,20)/t9-/m1/s1. The molecule has 1 N–H and O–H groups in total. The monoisotopic (exact) mass is 346 g/mol. The highest BCUT2D eigenvalue weighted by Gasteiger charge is 2.35. The van der Waals surface area contributed by atoms with Crippen LogP contribution in [-0.4, -0.2) is 52.6 Å². The SMILES string of the molecule is CSCC[C@@H](NC(=O)OC(C)(C)C)C(=O)ON1C(=O)CCC1=O. The van der Waals surface area contributed by atoms with Gasteiger partial charge in [-0.15, -0.1) is 5.06 Å². The summed E-state index contributed by atoms with van der Waals surface area (Å²) in [4.78, 5) is 51.8. The molecule has 1 saturated heterocycles. The summed E-state index contributed by atoms with van der Waals surface area (Å²) >= 11 is 1.48. The van der Waals surface area contributed by atoms with Crippen molar-refractivity contribution in [3.05, 3.63) is 0 Å². The number of hydrogen-bond acceptors (Lipinski definition) is 7. The smallest absolute Gasteiger partial charge is 0.408 e. The topological polar surface area (TPSA) is 102 Å². The van der Waals surface area contributed by atoms with E-state index < -0.39 is 35.5 Å². The second kappa shape index (κ2) is 8.19. The van der Waals surface area contributed by atoms with Crippen LogP contribution in [0.5, 0.6) is 0 Å². The van der Waals surface area contributed by atoms with Crippen molar-refractivity contribution in [1.29, 1.82) is 0 Å². The molecule has 130 valence electrons. The minimum absolute atomic E-state index is 0.0150. The van der Waals surface area contributed by atoms with Crippen LogP contribution in [0.2, 0.25) is 0 Å². The predicted molar refractivity (Wildman–Crippen MR) is 83.3 cm³/mol. The number of amides is 3. The van der Waals surface area contributed by atoms with Gasteiger partial charge in [0.1, 0.15) is 11.6 Å². The second-order valence-electron chi connectivity index (χ2n) is 5.97. The van der Waals surface area contributed by atoms with Gasteiger partial charge >= 0.3 is 12.1 Å². The van der Waals surface area contributed by atoms with Crippen LogP contribution in [0.4, 0.5) is 4.79 Å². The highest BCUT2D eigenvalue weighted by atomic mass is 32.2. The molecule has 8 nitrogen and oxygen atoms in total. The molecule has 0 aromatic carbocycles. The molecular weight excluding hydrogens is 324 g/mol. The first kappa shape index (κ1) is 19.3. The van der Waals surface area contributed by atoms with Gasteiger partial charge in [-0.25, -0.2) is 9.59 Å². The summed E-state index contributed by atoms with van der Waals surface area (Å²) in [6, 6.07) is -1.00. The van der Waals surface area contributed by atoms with Crippen LogP contribution in [-0.2, 0) is 24.0 Å². The van der Waals surface area contributed by atoms with Crippen molar-refractivity contribution in [3.8, 4) is 0 Å². The summed E-state index contributed by atoms with van der Waals surface area (Å²) in [6.45, 7) is 5.09. The van der Waals surface area contributed by atoms with E-state index in [1.165, 1.54) is 11.8 Å². The Morgan fingerprint density at radius 3 is 2.30 bits per heavy atom. The number of thioether (sulfide) groups is 1. The molecule has 1 atom stereocenters. The van der Waals surface area contributed by atoms with Gasteiger partial charge in [0.15, 0.2) is 0 Å². The van der Waals surface area contributed by atoms with Crippen LogP contribution in [0.3, 0.4) is 0 Å². The lowest BCUT2D eigenvalue weighted by atomic mass is 10.2. The highest BCUT2D eigenvalue weighted by molar-refractivity contribution is 7.98. The third kappa shape index (κ3) is 6.47. The van der Waals surface area contributed by atoms with Gasteiger partial charge in [-0.3, -0.25) is 9.59 Å². The number of hydroxylamine groups is 2. The number of alkyl carbamates (subject to hydrolysis) is 1. The van der Waals surface area contributed by atoms with Crippen LogP contribution in [0.15, 0.2) is 0 Å². The van der Waals surface area contributed by atoms with Crippen molar-refractivity contribution in [3.63, 3.8) is 0 Å². The summed E-state index contributed by atoms with van der Waals surface area (Å²) < 4.78 is 5.10. The Morgan fingerprint density at radius 1 is 1.26 bits per heavy atom. The first-order valence-electron chi connectivity index (χ1n) is 7.20. The second-order valence-corrected chi connectivity index (χ2v) is 6.96. The zero-order valence-corrected chi connectivity index (χ0v) is 14.5. The van der Waals surface area contributed by atoms with Gasteiger partial charge in [0.25, 0.3) is 11.8 Å². The summed E-state index contributed by atoms with van der Waals surface area (Å²) in [7, 11) is 0. The van der Waals surface area contributed by atoms with E-state index in [1.54, 1.807) is 20.8 Å². The molecule has 1 heterocycles. The van der Waals surface area contributed by atoms with E-state index in [9.17, 15) is 19.2 Å². The number of imide groups is 1. The van der Waals surface area contributed by atoms with Crippen LogP contribution in [0.1, 0.15) is 40.0 Å². The number of rotatable bonds is 6. The lowest BCUT2D eigenvalue weighted by Crippen LogP contribution is -2.47. The van der Waals surface area contributed by atoms with Crippen molar-refractivity contribution >= 4 is 35.6 Å². The third-order valence-corrected chi connectivity index (χ3v) is 3.42. The van der Waals surface area contributed by atoms with Crippen molar-refractivity contribution < 1.29 is 28.8 Å². The van der Waals surface area contributed by atoms with E-state index in [2.05, 4.69) is 5.32 Å². The first-order valence-corrected chi connectivity index (χ1v) is 8.59. The molecule has 9 heteroatoms. The molecule has 0 saturated carbocycles. The summed E-state index contributed by atoms with van der Waals surface area (Å²) in [5.74, 6) is -1.42. The van der Waals surface area contributed by atoms with Gasteiger partial charge in [0, 0.05) is 12.8 Å². The van der Waals surface area contributed by atoms with E-state index in [0.717, 1.165) is 0 Å². The Hall–Kier alpha value is -1.77. The summed E-state index contributed by atoms with van der Waals surface area (Å²) in [5.41, 5.74) is -0.709. The van der Waals surface area contributed by atoms with E-state index >= 15 is 0 Å². The minimum Gasteiger partial charge on any atom is -0.444 e. The lowest BCUT2D eigenvalue weighted by molar-refractivity contribution is -0.198. The molecule has 1 rings (SSSR count). The maximum atomic E-state index is 12.1. The van der Waals surface area contributed by atoms with Crippen molar-refractivity contribution in [2.75, 3.05) is 12.0 Å². The average Bonchev–Trinajstić information content (AvgIpc) is 2.73. The quantitative estimate of drug-likeness (QED) is 0.722. The summed E-state index contributed by atoms with van der Waals surface area (Å²) in [5, 5.41) is 2.88. The van der Waals surface area contributed by atoms with Gasteiger partial charge < -0.3 is 14.9 Å². The van der Waals surface area contributed by atoms with Crippen LogP contribution < -0.4 is 5.32 Å². The van der Waals surface area contributed by atoms with E-state index in [-0.39, 0.29) is 19.3 Å². The van der Waals surface area contributed by atoms with Crippen molar-refractivity contribution in [2.24, 2.45) is 0 Å². The van der Waals surface area contributed by atoms with Crippen LogP contribution in [0, 0.1) is 0 Å². The Morgan fingerprint density at radius 2 is 1.83 bits per heavy atom. The number of carbonyl (C=O) groups is 4. The molecule has 0 spiro atoms. The Kier molecular flexibility index (Phi) is 6.86. The fraction of sp³-hybridized carbons (Fsp3) is 0.714. The molecule has 0 bridgehead atoms. The fourth-order valence-corrected chi connectivity index (χ4v) is 2.22. The number of hydrogen-bond donors (Lipinski definition) is 1. The number of carbonyl (C=O) groups excluding carboxylic acids is 4. The average molecular weight is 346 g/mol. The van der Waals surface area contributed by atoms with Gasteiger partial charge in [-0.1, -0.05) is 0 Å². The Bertz CT molecular complexity index is 472. The molecule has 0 radical (unpaired) electrons. The highest BCUT2D eigenvalue weighted by Crippen LogP contribution is 2.14. The van der Waals surface area contributed by atoms with E-state index in [4.69, 9.17) is 9.57 Å². The van der Waals surface area contributed by atoms with Crippen LogP contribution in [0.25, 0.3) is 0 Å². The zero-order valence-electron chi connectivity index (χ0n) is 13.7. The maximum Gasteiger partial charge on any atom is 0.408 e. The van der Waals surface area contributed by atoms with E-state index in [0.29, 0.717) is 10.8 Å². The number of nitrogens with one attached hydrogen (secondary N) is 1. The van der Waals surface area contributed by atoms with Crippen molar-refractivity contribution in [1.82, 2.24) is 10.4 Å². The maximum absolute atomic E-state index is 12.1. The molecule has 1 aliphatic heterocycles. The molecule has 3 amide bonds. The predicted octanol–water partition coefficient (Wildman–Crippen LogP) is 1.24. The number of nitrogens with zero attached hydrogens (tertiary/aromatic N) is 1. The molecule has 23 heavy (non-hydrogen) atoms. The fourth-order valence-electron chi connectivity index (χ4n) is 1.75. The van der Waals surface area contributed by atoms with Crippen molar-refractivity contribution in [2.45, 2.75) is 51.7 Å². The molecule has 0 aromatic rings. The number of ether oxygens (including phenoxy) is 1. The van der Waals surface area contributed by atoms with Gasteiger partial charge in [-0.2, -0.15) is 11.8 Å². The molecule has 0 aromatic heterocycles. The molecule has 0 aliphatic carbocycles. The van der Waals surface area contributed by atoms with Gasteiger partial charge in [0.2, 0.25) is 0 Å². The summed E-state index contributed by atoms with van der Waals surface area (Å²) in [6.07, 6.45) is 1.40. The molecule has 1 aliphatic rings. The first-order chi connectivity index (χ1) is 10.6. The normalized spacial score (nSPS) is 16.3.